The van der Waals surface area contributed by atoms with Crippen LogP contribution in [-0.2, 0) is 6.42 Å². The van der Waals surface area contributed by atoms with Gasteiger partial charge in [0.2, 0.25) is 0 Å². The van der Waals surface area contributed by atoms with Gasteiger partial charge in [0.15, 0.2) is 11.6 Å². The normalized spacial score (nSPS) is 12.5. The number of hydrogen-bond donors (Lipinski definition) is 1. The lowest BCUT2D eigenvalue weighted by Gasteiger charge is -2.14. The van der Waals surface area contributed by atoms with Gasteiger partial charge in [-0.25, -0.2) is 8.78 Å². The molecule has 0 fully saturated rings. The maximum Gasteiger partial charge on any atom is 0.159 e. The molecule has 1 nitrogen and oxygen atoms in total. The minimum absolute atomic E-state index is 0.235. The standard InChI is InChI=1S/C15H13BrF2O/c1-9-2-4-12(16)11(6-9)15(19)8-10-3-5-13(17)14(18)7-10/h2-7,15,19H,8H2,1H3. The van der Waals surface area contributed by atoms with Gasteiger partial charge in [0.05, 0.1) is 6.10 Å². The summed E-state index contributed by atoms with van der Waals surface area (Å²) >= 11 is 3.38. The van der Waals surface area contributed by atoms with Gasteiger partial charge in [-0.05, 0) is 36.2 Å². The van der Waals surface area contributed by atoms with Crippen molar-refractivity contribution < 1.29 is 13.9 Å². The average Bonchev–Trinajstić information content (AvgIpc) is 2.36. The summed E-state index contributed by atoms with van der Waals surface area (Å²) < 4.78 is 26.7. The van der Waals surface area contributed by atoms with Gasteiger partial charge in [-0.3, -0.25) is 0 Å². The first-order valence-corrected chi connectivity index (χ1v) is 6.64. The maximum absolute atomic E-state index is 13.1. The van der Waals surface area contributed by atoms with Gasteiger partial charge >= 0.3 is 0 Å². The van der Waals surface area contributed by atoms with Crippen molar-refractivity contribution in [2.75, 3.05) is 0 Å². The van der Waals surface area contributed by atoms with Crippen LogP contribution in [0.5, 0.6) is 0 Å². The zero-order valence-corrected chi connectivity index (χ0v) is 11.9. The van der Waals surface area contributed by atoms with E-state index in [2.05, 4.69) is 15.9 Å². The van der Waals surface area contributed by atoms with Gasteiger partial charge in [0.25, 0.3) is 0 Å². The molecule has 0 saturated heterocycles. The molecule has 0 bridgehead atoms. The van der Waals surface area contributed by atoms with E-state index in [1.807, 2.05) is 25.1 Å². The molecule has 1 atom stereocenters. The molecule has 19 heavy (non-hydrogen) atoms. The van der Waals surface area contributed by atoms with E-state index >= 15 is 0 Å². The van der Waals surface area contributed by atoms with Crippen LogP contribution in [0.3, 0.4) is 0 Å². The molecule has 2 rings (SSSR count). The third-order valence-corrected chi connectivity index (χ3v) is 3.65. The van der Waals surface area contributed by atoms with E-state index in [1.54, 1.807) is 0 Å². The molecule has 100 valence electrons. The lowest BCUT2D eigenvalue weighted by molar-refractivity contribution is 0.177. The van der Waals surface area contributed by atoms with Crippen molar-refractivity contribution in [3.8, 4) is 0 Å². The number of benzene rings is 2. The quantitative estimate of drug-likeness (QED) is 0.891. The molecule has 0 saturated carbocycles. The Morgan fingerprint density at radius 2 is 1.84 bits per heavy atom. The van der Waals surface area contributed by atoms with Crippen molar-refractivity contribution in [1.29, 1.82) is 0 Å². The van der Waals surface area contributed by atoms with Crippen LogP contribution in [0.15, 0.2) is 40.9 Å². The van der Waals surface area contributed by atoms with E-state index in [0.717, 1.165) is 27.7 Å². The average molecular weight is 327 g/mol. The van der Waals surface area contributed by atoms with Gasteiger partial charge in [-0.2, -0.15) is 0 Å². The summed E-state index contributed by atoms with van der Waals surface area (Å²) in [5.41, 5.74) is 2.33. The topological polar surface area (TPSA) is 20.2 Å². The van der Waals surface area contributed by atoms with Gasteiger partial charge in [-0.15, -0.1) is 0 Å². The van der Waals surface area contributed by atoms with Crippen LogP contribution in [0, 0.1) is 18.6 Å². The molecule has 0 aromatic heterocycles. The minimum Gasteiger partial charge on any atom is -0.388 e. The summed E-state index contributed by atoms with van der Waals surface area (Å²) in [5, 5.41) is 10.2. The third kappa shape index (κ3) is 3.39. The summed E-state index contributed by atoms with van der Waals surface area (Å²) in [6, 6.07) is 9.32. The third-order valence-electron chi connectivity index (χ3n) is 2.92. The monoisotopic (exact) mass is 326 g/mol. The van der Waals surface area contributed by atoms with Gasteiger partial charge in [0.1, 0.15) is 0 Å². The van der Waals surface area contributed by atoms with Crippen molar-refractivity contribution >= 4 is 15.9 Å². The molecule has 2 aromatic rings. The van der Waals surface area contributed by atoms with Gasteiger partial charge in [-0.1, -0.05) is 39.7 Å². The van der Waals surface area contributed by atoms with Gasteiger partial charge < -0.3 is 5.11 Å². The highest BCUT2D eigenvalue weighted by atomic mass is 79.9. The summed E-state index contributed by atoms with van der Waals surface area (Å²) in [5.74, 6) is -1.78. The van der Waals surface area contributed by atoms with E-state index < -0.39 is 17.7 Å². The van der Waals surface area contributed by atoms with E-state index in [9.17, 15) is 13.9 Å². The summed E-state index contributed by atoms with van der Waals surface area (Å²) in [6.45, 7) is 1.93. The van der Waals surface area contributed by atoms with E-state index in [0.29, 0.717) is 5.56 Å². The summed E-state index contributed by atoms with van der Waals surface area (Å²) in [7, 11) is 0. The molecule has 0 radical (unpaired) electrons. The van der Waals surface area contributed by atoms with Crippen LogP contribution in [0.1, 0.15) is 22.8 Å². The Morgan fingerprint density at radius 1 is 1.11 bits per heavy atom. The van der Waals surface area contributed by atoms with Crippen molar-refractivity contribution in [3.05, 3.63) is 69.2 Å². The van der Waals surface area contributed by atoms with Crippen molar-refractivity contribution in [2.24, 2.45) is 0 Å². The second-order valence-corrected chi connectivity index (χ2v) is 5.35. The molecular formula is C15H13BrF2O. The van der Waals surface area contributed by atoms with Crippen LogP contribution < -0.4 is 0 Å². The summed E-state index contributed by atoms with van der Waals surface area (Å²) in [4.78, 5) is 0. The second-order valence-electron chi connectivity index (χ2n) is 4.49. The fourth-order valence-electron chi connectivity index (χ4n) is 1.92. The highest BCUT2D eigenvalue weighted by Crippen LogP contribution is 2.27. The molecule has 2 aromatic carbocycles. The highest BCUT2D eigenvalue weighted by Gasteiger charge is 2.13. The van der Waals surface area contributed by atoms with Crippen LogP contribution in [0.4, 0.5) is 8.78 Å². The molecule has 1 N–H and O–H groups in total. The van der Waals surface area contributed by atoms with Crippen LogP contribution in [0.2, 0.25) is 0 Å². The molecule has 0 aliphatic rings. The van der Waals surface area contributed by atoms with E-state index in [4.69, 9.17) is 0 Å². The fourth-order valence-corrected chi connectivity index (χ4v) is 2.43. The fraction of sp³-hybridized carbons (Fsp3) is 0.200. The molecular weight excluding hydrogens is 314 g/mol. The van der Waals surface area contributed by atoms with Crippen molar-refractivity contribution in [1.82, 2.24) is 0 Å². The Bertz CT molecular complexity index is 599. The molecule has 0 aliphatic heterocycles. The van der Waals surface area contributed by atoms with Crippen LogP contribution in [0.25, 0.3) is 0 Å². The van der Waals surface area contributed by atoms with E-state index in [1.165, 1.54) is 6.07 Å². The smallest absolute Gasteiger partial charge is 0.159 e. The zero-order valence-electron chi connectivity index (χ0n) is 10.3. The lowest BCUT2D eigenvalue weighted by atomic mass is 10.00. The lowest BCUT2D eigenvalue weighted by Crippen LogP contribution is -2.04. The Morgan fingerprint density at radius 3 is 2.53 bits per heavy atom. The Hall–Kier alpha value is -1.26. The van der Waals surface area contributed by atoms with Gasteiger partial charge in [0, 0.05) is 10.9 Å². The first-order valence-electron chi connectivity index (χ1n) is 5.85. The number of rotatable bonds is 3. The number of aliphatic hydroxyl groups is 1. The molecule has 1 unspecified atom stereocenters. The number of halogens is 3. The largest absolute Gasteiger partial charge is 0.388 e. The zero-order chi connectivity index (χ0) is 14.0. The molecule has 0 spiro atoms. The predicted molar refractivity (Wildman–Crippen MR) is 73.9 cm³/mol. The second kappa shape index (κ2) is 5.80. The first-order chi connectivity index (χ1) is 8.97. The predicted octanol–water partition coefficient (Wildman–Crippen LogP) is 4.31. The molecule has 0 amide bonds. The number of aliphatic hydroxyl groups excluding tert-OH is 1. The summed E-state index contributed by atoms with van der Waals surface area (Å²) in [6.07, 6.45) is -0.529. The molecule has 4 heteroatoms. The molecule has 0 aliphatic carbocycles. The Kier molecular flexibility index (Phi) is 4.32. The van der Waals surface area contributed by atoms with E-state index in [-0.39, 0.29) is 6.42 Å². The van der Waals surface area contributed by atoms with Crippen molar-refractivity contribution in [2.45, 2.75) is 19.4 Å². The van der Waals surface area contributed by atoms with Crippen molar-refractivity contribution in [3.63, 3.8) is 0 Å². The molecule has 0 heterocycles. The SMILES string of the molecule is Cc1ccc(Br)c(C(O)Cc2ccc(F)c(F)c2)c1. The number of hydrogen-bond acceptors (Lipinski definition) is 1. The Labute approximate surface area is 119 Å². The van der Waals surface area contributed by atoms with Crippen LogP contribution in [-0.4, -0.2) is 5.11 Å². The number of aryl methyl sites for hydroxylation is 1. The Balaban J connectivity index is 2.22. The minimum atomic E-state index is -0.895. The maximum atomic E-state index is 13.1. The highest BCUT2D eigenvalue weighted by molar-refractivity contribution is 9.10. The van der Waals surface area contributed by atoms with Crippen LogP contribution >= 0.6 is 15.9 Å². The first kappa shape index (κ1) is 14.2.